The van der Waals surface area contributed by atoms with Crippen LogP contribution in [-0.2, 0) is 4.79 Å². The summed E-state index contributed by atoms with van der Waals surface area (Å²) in [6, 6.07) is 20.5. The summed E-state index contributed by atoms with van der Waals surface area (Å²) >= 11 is 5.94. The van der Waals surface area contributed by atoms with Gasteiger partial charge in [-0.25, -0.2) is 0 Å². The van der Waals surface area contributed by atoms with Gasteiger partial charge in [-0.15, -0.1) is 0 Å². The van der Waals surface area contributed by atoms with E-state index in [2.05, 4.69) is 16.0 Å². The molecule has 6 nitrogen and oxygen atoms in total. The minimum absolute atomic E-state index is 0.196. The van der Waals surface area contributed by atoms with Gasteiger partial charge in [0.15, 0.2) is 0 Å². The first kappa shape index (κ1) is 21.2. The molecule has 3 aromatic carbocycles. The molecule has 2 amide bonds. The molecule has 0 fully saturated rings. The van der Waals surface area contributed by atoms with E-state index in [0.29, 0.717) is 22.0 Å². The maximum atomic E-state index is 12.4. The molecule has 0 saturated heterocycles. The Morgan fingerprint density at radius 2 is 1.53 bits per heavy atom. The summed E-state index contributed by atoms with van der Waals surface area (Å²) in [7, 11) is 1.59. The van der Waals surface area contributed by atoms with Crippen molar-refractivity contribution in [3.05, 3.63) is 83.4 Å². The van der Waals surface area contributed by atoms with Crippen LogP contribution in [0.5, 0.6) is 5.75 Å². The standard InChI is InChI=1S/C23H22ClN3O3/c1-15(22(28)27-20-5-3-4-17(24)14-20)25-18-8-6-16(7-9-18)23(29)26-19-10-12-21(30-2)13-11-19/h3-15,25H,1-2H3,(H,26,29)(H,27,28). The minimum atomic E-state index is -0.483. The Kier molecular flexibility index (Phi) is 6.93. The number of amides is 2. The Hall–Kier alpha value is -3.51. The van der Waals surface area contributed by atoms with Crippen molar-refractivity contribution in [3.8, 4) is 5.75 Å². The molecule has 0 saturated carbocycles. The van der Waals surface area contributed by atoms with Gasteiger partial charge in [0, 0.05) is 27.6 Å². The second-order valence-corrected chi connectivity index (χ2v) is 7.06. The number of methoxy groups -OCH3 is 1. The van der Waals surface area contributed by atoms with Crippen molar-refractivity contribution in [3.63, 3.8) is 0 Å². The van der Waals surface area contributed by atoms with E-state index in [9.17, 15) is 9.59 Å². The van der Waals surface area contributed by atoms with Gasteiger partial charge in [-0.2, -0.15) is 0 Å². The third kappa shape index (κ3) is 5.75. The van der Waals surface area contributed by atoms with Crippen LogP contribution >= 0.6 is 11.6 Å². The average Bonchev–Trinajstić information content (AvgIpc) is 2.74. The molecule has 0 radical (unpaired) electrons. The predicted octanol–water partition coefficient (Wildman–Crippen LogP) is 5.04. The molecule has 0 heterocycles. The number of hydrogen-bond donors (Lipinski definition) is 3. The molecule has 1 unspecified atom stereocenters. The van der Waals surface area contributed by atoms with Crippen LogP contribution in [0.3, 0.4) is 0 Å². The van der Waals surface area contributed by atoms with Crippen molar-refractivity contribution in [2.45, 2.75) is 13.0 Å². The van der Waals surface area contributed by atoms with E-state index in [4.69, 9.17) is 16.3 Å². The maximum absolute atomic E-state index is 12.4. The third-order valence-electron chi connectivity index (χ3n) is 4.36. The Balaban J connectivity index is 1.56. The van der Waals surface area contributed by atoms with E-state index < -0.39 is 6.04 Å². The molecule has 0 aliphatic heterocycles. The summed E-state index contributed by atoms with van der Waals surface area (Å²) in [5, 5.41) is 9.31. The highest BCUT2D eigenvalue weighted by Gasteiger charge is 2.13. The molecule has 0 spiro atoms. The number of nitrogens with one attached hydrogen (secondary N) is 3. The monoisotopic (exact) mass is 423 g/mol. The van der Waals surface area contributed by atoms with Crippen LogP contribution in [0.15, 0.2) is 72.8 Å². The van der Waals surface area contributed by atoms with E-state index in [1.54, 1.807) is 86.8 Å². The van der Waals surface area contributed by atoms with Crippen LogP contribution in [0.25, 0.3) is 0 Å². The zero-order valence-corrected chi connectivity index (χ0v) is 17.4. The Bertz CT molecular complexity index is 1020. The van der Waals surface area contributed by atoms with Gasteiger partial charge in [-0.05, 0) is 73.7 Å². The molecule has 0 aliphatic carbocycles. The summed E-state index contributed by atoms with van der Waals surface area (Å²) < 4.78 is 5.10. The van der Waals surface area contributed by atoms with Gasteiger partial charge in [0.1, 0.15) is 11.8 Å². The summed E-state index contributed by atoms with van der Waals surface area (Å²) in [6.07, 6.45) is 0. The topological polar surface area (TPSA) is 79.5 Å². The van der Waals surface area contributed by atoms with Crippen LogP contribution < -0.4 is 20.7 Å². The summed E-state index contributed by atoms with van der Waals surface area (Å²) in [6.45, 7) is 1.75. The molecule has 3 aromatic rings. The third-order valence-corrected chi connectivity index (χ3v) is 4.60. The first-order chi connectivity index (χ1) is 14.4. The molecule has 154 valence electrons. The second kappa shape index (κ2) is 9.80. The molecule has 0 aromatic heterocycles. The SMILES string of the molecule is COc1ccc(NC(=O)c2ccc(NC(C)C(=O)Nc3cccc(Cl)c3)cc2)cc1. The van der Waals surface area contributed by atoms with Crippen LogP contribution in [0, 0.1) is 0 Å². The summed E-state index contributed by atoms with van der Waals surface area (Å²) in [4.78, 5) is 24.8. The van der Waals surface area contributed by atoms with E-state index in [-0.39, 0.29) is 11.8 Å². The number of hydrogen-bond acceptors (Lipinski definition) is 4. The van der Waals surface area contributed by atoms with Gasteiger partial charge in [-0.3, -0.25) is 9.59 Å². The fraction of sp³-hybridized carbons (Fsp3) is 0.130. The quantitative estimate of drug-likeness (QED) is 0.497. The van der Waals surface area contributed by atoms with Crippen molar-refractivity contribution in [1.29, 1.82) is 0 Å². The highest BCUT2D eigenvalue weighted by Crippen LogP contribution is 2.18. The number of carbonyl (C=O) groups is 2. The van der Waals surface area contributed by atoms with Crippen LogP contribution in [0.1, 0.15) is 17.3 Å². The highest BCUT2D eigenvalue weighted by atomic mass is 35.5. The molecular weight excluding hydrogens is 402 g/mol. The zero-order chi connectivity index (χ0) is 21.5. The molecule has 30 heavy (non-hydrogen) atoms. The first-order valence-corrected chi connectivity index (χ1v) is 9.71. The van der Waals surface area contributed by atoms with E-state index in [1.165, 1.54) is 0 Å². The van der Waals surface area contributed by atoms with E-state index >= 15 is 0 Å². The number of rotatable bonds is 7. The Morgan fingerprint density at radius 3 is 2.17 bits per heavy atom. The molecular formula is C23H22ClN3O3. The zero-order valence-electron chi connectivity index (χ0n) is 16.6. The van der Waals surface area contributed by atoms with Gasteiger partial charge in [-0.1, -0.05) is 17.7 Å². The lowest BCUT2D eigenvalue weighted by Gasteiger charge is -2.16. The molecule has 0 aliphatic rings. The van der Waals surface area contributed by atoms with Gasteiger partial charge in [0.25, 0.3) is 5.91 Å². The number of halogens is 1. The molecule has 3 N–H and O–H groups in total. The molecule has 7 heteroatoms. The molecule has 0 bridgehead atoms. The lowest BCUT2D eigenvalue weighted by molar-refractivity contribution is -0.116. The molecule has 1 atom stereocenters. The van der Waals surface area contributed by atoms with Crippen LogP contribution in [0.2, 0.25) is 5.02 Å². The number of ether oxygens (including phenoxy) is 1. The van der Waals surface area contributed by atoms with Crippen LogP contribution in [0.4, 0.5) is 17.1 Å². The van der Waals surface area contributed by atoms with Crippen molar-refractivity contribution < 1.29 is 14.3 Å². The fourth-order valence-electron chi connectivity index (χ4n) is 2.73. The molecule has 3 rings (SSSR count). The number of benzene rings is 3. The first-order valence-electron chi connectivity index (χ1n) is 9.33. The smallest absolute Gasteiger partial charge is 0.255 e. The normalized spacial score (nSPS) is 11.3. The second-order valence-electron chi connectivity index (χ2n) is 6.63. The van der Waals surface area contributed by atoms with Gasteiger partial charge < -0.3 is 20.7 Å². The van der Waals surface area contributed by atoms with E-state index in [0.717, 1.165) is 11.4 Å². The highest BCUT2D eigenvalue weighted by molar-refractivity contribution is 6.30. The van der Waals surface area contributed by atoms with Crippen LogP contribution in [-0.4, -0.2) is 25.0 Å². The van der Waals surface area contributed by atoms with Gasteiger partial charge in [0.05, 0.1) is 7.11 Å². The maximum Gasteiger partial charge on any atom is 0.255 e. The fourth-order valence-corrected chi connectivity index (χ4v) is 2.92. The average molecular weight is 424 g/mol. The number of anilines is 3. The minimum Gasteiger partial charge on any atom is -0.497 e. The Labute approximate surface area is 180 Å². The predicted molar refractivity (Wildman–Crippen MR) is 121 cm³/mol. The lowest BCUT2D eigenvalue weighted by Crippen LogP contribution is -2.31. The Morgan fingerprint density at radius 1 is 0.867 bits per heavy atom. The summed E-state index contributed by atoms with van der Waals surface area (Å²) in [5.74, 6) is 0.300. The lowest BCUT2D eigenvalue weighted by atomic mass is 10.1. The summed E-state index contributed by atoms with van der Waals surface area (Å²) in [5.41, 5.74) is 2.54. The van der Waals surface area contributed by atoms with Gasteiger partial charge in [0.2, 0.25) is 5.91 Å². The van der Waals surface area contributed by atoms with Crippen molar-refractivity contribution in [1.82, 2.24) is 0 Å². The van der Waals surface area contributed by atoms with Crippen molar-refractivity contribution in [2.75, 3.05) is 23.1 Å². The van der Waals surface area contributed by atoms with Crippen molar-refractivity contribution in [2.24, 2.45) is 0 Å². The van der Waals surface area contributed by atoms with E-state index in [1.807, 2.05) is 0 Å². The van der Waals surface area contributed by atoms with Crippen molar-refractivity contribution >= 4 is 40.5 Å². The van der Waals surface area contributed by atoms with Gasteiger partial charge >= 0.3 is 0 Å². The number of carbonyl (C=O) groups excluding carboxylic acids is 2. The largest absolute Gasteiger partial charge is 0.497 e.